The summed E-state index contributed by atoms with van der Waals surface area (Å²) in [6.07, 6.45) is 2.01. The molecular formula is C18H18N4O. The van der Waals surface area contributed by atoms with Gasteiger partial charge >= 0.3 is 0 Å². The van der Waals surface area contributed by atoms with E-state index in [1.807, 2.05) is 42.6 Å². The summed E-state index contributed by atoms with van der Waals surface area (Å²) in [6, 6.07) is 10.1. The van der Waals surface area contributed by atoms with E-state index in [0.29, 0.717) is 0 Å². The minimum Gasteiger partial charge on any atom is -0.390 e. The number of rotatable bonds is 2. The maximum Gasteiger partial charge on any atom is 0.137 e. The monoisotopic (exact) mass is 306 g/mol. The molecule has 4 rings (SSSR count). The third-order valence-corrected chi connectivity index (χ3v) is 4.44. The second-order valence-electron chi connectivity index (χ2n) is 5.85. The Kier molecular flexibility index (Phi) is 2.99. The van der Waals surface area contributed by atoms with Crippen LogP contribution in [0.2, 0.25) is 0 Å². The third-order valence-electron chi connectivity index (χ3n) is 4.44. The summed E-state index contributed by atoms with van der Waals surface area (Å²) in [7, 11) is 0. The molecule has 0 fully saturated rings. The largest absolute Gasteiger partial charge is 0.390 e. The fourth-order valence-electron chi connectivity index (χ4n) is 3.25. The van der Waals surface area contributed by atoms with Gasteiger partial charge in [0.05, 0.1) is 23.7 Å². The normalized spacial score (nSPS) is 11.7. The molecule has 0 unspecified atom stereocenters. The maximum atomic E-state index is 9.67. The molecule has 4 aromatic heterocycles. The van der Waals surface area contributed by atoms with Gasteiger partial charge in [0.1, 0.15) is 11.3 Å². The van der Waals surface area contributed by atoms with Crippen molar-refractivity contribution < 1.29 is 5.11 Å². The molecule has 0 aliphatic carbocycles. The number of aromatic nitrogens is 4. The van der Waals surface area contributed by atoms with Gasteiger partial charge < -0.3 is 9.51 Å². The molecule has 1 N–H and O–H groups in total. The highest BCUT2D eigenvalue weighted by molar-refractivity contribution is 5.68. The van der Waals surface area contributed by atoms with Crippen LogP contribution in [0.4, 0.5) is 0 Å². The molecule has 0 spiro atoms. The van der Waals surface area contributed by atoms with Gasteiger partial charge in [-0.2, -0.15) is 0 Å². The van der Waals surface area contributed by atoms with E-state index in [-0.39, 0.29) is 6.61 Å². The van der Waals surface area contributed by atoms with E-state index in [9.17, 15) is 5.11 Å². The molecule has 0 aromatic carbocycles. The summed E-state index contributed by atoms with van der Waals surface area (Å²) in [5.74, 6) is 0. The van der Waals surface area contributed by atoms with Crippen molar-refractivity contribution in [3.63, 3.8) is 0 Å². The van der Waals surface area contributed by atoms with Crippen molar-refractivity contribution in [2.75, 3.05) is 0 Å². The Hall–Kier alpha value is -2.66. The van der Waals surface area contributed by atoms with E-state index in [1.54, 1.807) is 0 Å². The van der Waals surface area contributed by atoms with Gasteiger partial charge in [-0.25, -0.2) is 9.97 Å². The van der Waals surface area contributed by atoms with Gasteiger partial charge in [-0.3, -0.25) is 4.40 Å². The van der Waals surface area contributed by atoms with Crippen LogP contribution in [-0.4, -0.2) is 23.9 Å². The second kappa shape index (κ2) is 4.93. The van der Waals surface area contributed by atoms with Gasteiger partial charge in [0, 0.05) is 23.1 Å². The lowest BCUT2D eigenvalue weighted by Gasteiger charge is -2.11. The summed E-state index contributed by atoms with van der Waals surface area (Å²) in [5, 5.41) is 9.67. The van der Waals surface area contributed by atoms with Crippen molar-refractivity contribution in [3.05, 3.63) is 59.3 Å². The molecule has 0 amide bonds. The molecule has 4 aromatic rings. The average Bonchev–Trinajstić information content (AvgIpc) is 3.11. The van der Waals surface area contributed by atoms with Crippen molar-refractivity contribution in [1.82, 2.24) is 18.8 Å². The highest BCUT2D eigenvalue weighted by Gasteiger charge is 2.14. The fraction of sp³-hybridized carbons (Fsp3) is 0.222. The summed E-state index contributed by atoms with van der Waals surface area (Å²) >= 11 is 0. The Morgan fingerprint density at radius 2 is 1.87 bits per heavy atom. The molecule has 0 saturated carbocycles. The molecule has 0 aliphatic rings. The van der Waals surface area contributed by atoms with Gasteiger partial charge in [0.25, 0.3) is 0 Å². The summed E-state index contributed by atoms with van der Waals surface area (Å²) in [6.45, 7) is 6.02. The number of aliphatic hydroxyl groups excluding tert-OH is 1. The first-order valence-electron chi connectivity index (χ1n) is 7.63. The van der Waals surface area contributed by atoms with E-state index < -0.39 is 0 Å². The van der Waals surface area contributed by atoms with Crippen molar-refractivity contribution in [2.45, 2.75) is 27.4 Å². The zero-order chi connectivity index (χ0) is 16.1. The van der Waals surface area contributed by atoms with Crippen molar-refractivity contribution in [2.24, 2.45) is 0 Å². The highest BCUT2D eigenvalue weighted by Crippen LogP contribution is 2.26. The molecular weight excluding hydrogens is 288 g/mol. The van der Waals surface area contributed by atoms with Crippen LogP contribution in [0.25, 0.3) is 22.6 Å². The Morgan fingerprint density at radius 3 is 2.65 bits per heavy atom. The lowest BCUT2D eigenvalue weighted by molar-refractivity contribution is 0.274. The van der Waals surface area contributed by atoms with Crippen LogP contribution in [-0.2, 0) is 6.61 Å². The number of pyridine rings is 1. The van der Waals surface area contributed by atoms with E-state index in [2.05, 4.69) is 28.4 Å². The quantitative estimate of drug-likeness (QED) is 0.619. The van der Waals surface area contributed by atoms with Gasteiger partial charge in [0.2, 0.25) is 0 Å². The minimum absolute atomic E-state index is 0.0263. The molecule has 5 heteroatoms. The molecule has 0 aliphatic heterocycles. The molecule has 5 nitrogen and oxygen atoms in total. The second-order valence-corrected chi connectivity index (χ2v) is 5.85. The van der Waals surface area contributed by atoms with Gasteiger partial charge in [0.15, 0.2) is 0 Å². The predicted octanol–water partition coefficient (Wildman–Crippen LogP) is 3.07. The lowest BCUT2D eigenvalue weighted by atomic mass is 10.1. The Balaban J connectivity index is 2.02. The Labute approximate surface area is 133 Å². The van der Waals surface area contributed by atoms with Gasteiger partial charge in [-0.05, 0) is 51.1 Å². The Bertz CT molecular complexity index is 1040. The van der Waals surface area contributed by atoms with Crippen LogP contribution >= 0.6 is 0 Å². The van der Waals surface area contributed by atoms with E-state index >= 15 is 0 Å². The average molecular weight is 306 g/mol. The number of aliphatic hydroxyl groups is 1. The van der Waals surface area contributed by atoms with Crippen LogP contribution in [0.15, 0.2) is 36.5 Å². The standard InChI is InChI=1S/C18H18N4O/c1-11-9-15(20-17-5-4-8-21(11)17)14-6-7-18-19-12(2)16(10-23)22(18)13(14)3/h4-9,23H,10H2,1-3H3. The highest BCUT2D eigenvalue weighted by atomic mass is 16.3. The summed E-state index contributed by atoms with van der Waals surface area (Å²) in [5.41, 5.74) is 7.64. The molecule has 0 atom stereocenters. The van der Waals surface area contributed by atoms with Gasteiger partial charge in [-0.1, -0.05) is 0 Å². The molecule has 23 heavy (non-hydrogen) atoms. The lowest BCUT2D eigenvalue weighted by Crippen LogP contribution is -2.02. The van der Waals surface area contributed by atoms with Crippen LogP contribution in [0, 0.1) is 20.8 Å². The Morgan fingerprint density at radius 1 is 1.04 bits per heavy atom. The van der Waals surface area contributed by atoms with Crippen molar-refractivity contribution in [3.8, 4) is 11.3 Å². The van der Waals surface area contributed by atoms with E-state index in [4.69, 9.17) is 4.98 Å². The van der Waals surface area contributed by atoms with E-state index in [1.165, 1.54) is 0 Å². The zero-order valence-electron chi connectivity index (χ0n) is 13.4. The summed E-state index contributed by atoms with van der Waals surface area (Å²) in [4.78, 5) is 9.28. The third kappa shape index (κ3) is 1.97. The summed E-state index contributed by atoms with van der Waals surface area (Å²) < 4.78 is 4.09. The number of hydrogen-bond donors (Lipinski definition) is 1. The molecule has 0 saturated heterocycles. The number of aryl methyl sites for hydroxylation is 3. The first-order chi connectivity index (χ1) is 11.1. The smallest absolute Gasteiger partial charge is 0.137 e. The fourth-order valence-corrected chi connectivity index (χ4v) is 3.25. The molecule has 0 bridgehead atoms. The SMILES string of the molecule is Cc1nc2ccc(-c3cc(C)n4cccc4n3)c(C)n2c1CO. The topological polar surface area (TPSA) is 54.8 Å². The number of nitrogens with zero attached hydrogens (tertiary/aromatic N) is 4. The van der Waals surface area contributed by atoms with Crippen LogP contribution in [0.1, 0.15) is 22.8 Å². The van der Waals surface area contributed by atoms with Crippen molar-refractivity contribution >= 4 is 11.3 Å². The molecule has 4 heterocycles. The van der Waals surface area contributed by atoms with E-state index in [0.717, 1.165) is 45.3 Å². The number of imidazole rings is 1. The minimum atomic E-state index is -0.0263. The number of fused-ring (bicyclic) bond motifs is 2. The van der Waals surface area contributed by atoms with Crippen molar-refractivity contribution in [1.29, 1.82) is 0 Å². The number of hydrogen-bond acceptors (Lipinski definition) is 3. The zero-order valence-corrected chi connectivity index (χ0v) is 13.4. The van der Waals surface area contributed by atoms with Crippen LogP contribution in [0.3, 0.4) is 0 Å². The predicted molar refractivity (Wildman–Crippen MR) is 89.5 cm³/mol. The first-order valence-corrected chi connectivity index (χ1v) is 7.63. The van der Waals surface area contributed by atoms with Crippen LogP contribution < -0.4 is 0 Å². The molecule has 116 valence electrons. The van der Waals surface area contributed by atoms with Gasteiger partial charge in [-0.15, -0.1) is 0 Å². The van der Waals surface area contributed by atoms with Crippen LogP contribution in [0.5, 0.6) is 0 Å². The molecule has 0 radical (unpaired) electrons. The first kappa shape index (κ1) is 14.0. The maximum absolute atomic E-state index is 9.67.